The molecule has 0 bridgehead atoms. The molecule has 0 radical (unpaired) electrons. The van der Waals surface area contributed by atoms with Gasteiger partial charge in [-0.1, -0.05) is 35.3 Å². The number of H-pyrrole nitrogens is 1. The van der Waals surface area contributed by atoms with Crippen LogP contribution in [0.4, 0.5) is 0 Å². The van der Waals surface area contributed by atoms with Crippen molar-refractivity contribution in [3.63, 3.8) is 0 Å². The molecule has 1 N–H and O–H groups in total. The van der Waals surface area contributed by atoms with Crippen molar-refractivity contribution in [2.45, 2.75) is 18.9 Å². The Hall–Kier alpha value is -4.26. The first-order valence-electron chi connectivity index (χ1n) is 11.1. The highest BCUT2D eigenvalue weighted by Crippen LogP contribution is 2.36. The Balaban J connectivity index is 1.41. The highest BCUT2D eigenvalue weighted by atomic mass is 35.5. The summed E-state index contributed by atoms with van der Waals surface area (Å²) in [7, 11) is 0. The number of aromatic nitrogens is 7. The molecule has 11 heteroatoms. The SMILES string of the molecule is N#Cc1cccc(-c2nc([C@@H]3CCc4cc(-c5cc(Cl)ccc5-n5cnnn5)cc(=O)n43)[nH]c2Cl)c1. The minimum atomic E-state index is -0.287. The fourth-order valence-electron chi connectivity index (χ4n) is 4.67. The van der Waals surface area contributed by atoms with E-state index >= 15 is 0 Å². The average Bonchev–Trinajstić information content (AvgIpc) is 3.64. The summed E-state index contributed by atoms with van der Waals surface area (Å²) >= 11 is 12.8. The van der Waals surface area contributed by atoms with Crippen LogP contribution in [0, 0.1) is 11.3 Å². The summed E-state index contributed by atoms with van der Waals surface area (Å²) in [5.74, 6) is 0.600. The van der Waals surface area contributed by atoms with Crippen LogP contribution in [-0.4, -0.2) is 34.7 Å². The number of rotatable bonds is 4. The van der Waals surface area contributed by atoms with Gasteiger partial charge in [0.25, 0.3) is 5.56 Å². The number of hydrogen-bond acceptors (Lipinski definition) is 6. The number of nitrogens with zero attached hydrogens (tertiary/aromatic N) is 7. The Morgan fingerprint density at radius 2 is 1.97 bits per heavy atom. The lowest BCUT2D eigenvalue weighted by Crippen LogP contribution is -2.24. The third kappa shape index (κ3) is 3.77. The molecule has 1 atom stereocenters. The number of halogens is 2. The monoisotopic (exact) mass is 514 g/mol. The molecule has 2 aromatic carbocycles. The third-order valence-corrected chi connectivity index (χ3v) is 6.77. The molecule has 0 fully saturated rings. The van der Waals surface area contributed by atoms with Crippen molar-refractivity contribution in [1.82, 2.24) is 34.7 Å². The highest BCUT2D eigenvalue weighted by Gasteiger charge is 2.29. The molecular weight excluding hydrogens is 499 g/mol. The second-order valence-corrected chi connectivity index (χ2v) is 9.21. The number of fused-ring (bicyclic) bond motifs is 1. The first kappa shape index (κ1) is 22.2. The van der Waals surface area contributed by atoms with Gasteiger partial charge in [0.15, 0.2) is 0 Å². The molecule has 6 rings (SSSR count). The van der Waals surface area contributed by atoms with Crippen molar-refractivity contribution in [3.8, 4) is 34.1 Å². The van der Waals surface area contributed by atoms with Crippen LogP contribution in [-0.2, 0) is 6.42 Å². The number of pyridine rings is 1. The zero-order chi connectivity index (χ0) is 24.8. The molecule has 0 saturated carbocycles. The van der Waals surface area contributed by atoms with Gasteiger partial charge < -0.3 is 9.55 Å². The minimum Gasteiger partial charge on any atom is -0.331 e. The van der Waals surface area contributed by atoms with Crippen LogP contribution in [0.25, 0.3) is 28.1 Å². The van der Waals surface area contributed by atoms with E-state index in [9.17, 15) is 10.1 Å². The highest BCUT2D eigenvalue weighted by molar-refractivity contribution is 6.32. The van der Waals surface area contributed by atoms with Gasteiger partial charge in [-0.15, -0.1) is 5.10 Å². The van der Waals surface area contributed by atoms with E-state index in [0.717, 1.165) is 22.4 Å². The van der Waals surface area contributed by atoms with Crippen LogP contribution in [0.15, 0.2) is 65.7 Å². The smallest absolute Gasteiger partial charge is 0.252 e. The number of nitrogens with one attached hydrogen (secondary N) is 1. The van der Waals surface area contributed by atoms with Crippen LogP contribution >= 0.6 is 23.2 Å². The van der Waals surface area contributed by atoms with Crippen molar-refractivity contribution in [1.29, 1.82) is 5.26 Å². The van der Waals surface area contributed by atoms with E-state index in [1.165, 1.54) is 11.0 Å². The molecule has 0 saturated heterocycles. The van der Waals surface area contributed by atoms with E-state index in [1.54, 1.807) is 41.0 Å². The van der Waals surface area contributed by atoms with Gasteiger partial charge in [-0.3, -0.25) is 4.79 Å². The molecule has 1 aliphatic rings. The van der Waals surface area contributed by atoms with Crippen molar-refractivity contribution >= 4 is 23.2 Å². The van der Waals surface area contributed by atoms with Crippen molar-refractivity contribution in [2.75, 3.05) is 0 Å². The molecule has 0 aliphatic carbocycles. The predicted octanol–water partition coefficient (Wildman–Crippen LogP) is 4.60. The molecule has 0 unspecified atom stereocenters. The number of nitriles is 1. The Morgan fingerprint density at radius 1 is 1.08 bits per heavy atom. The third-order valence-electron chi connectivity index (χ3n) is 6.26. The fraction of sp³-hybridized carbons (Fsp3) is 0.120. The Morgan fingerprint density at radius 3 is 2.78 bits per heavy atom. The van der Waals surface area contributed by atoms with E-state index in [0.29, 0.717) is 45.8 Å². The standard InChI is InChI=1S/C25H16Cl2N8O/c26-17-4-6-20(34-13-29-32-33-34)19(11-17)16-9-18-5-7-21(35(18)22(36)10-16)25-30-23(24(27)31-25)15-3-1-2-14(8-15)12-28/h1-4,6,8-11,13,21H,5,7H2,(H,30,31)/t21-/m0/s1. The Bertz CT molecular complexity index is 1720. The first-order valence-corrected chi connectivity index (χ1v) is 11.8. The average molecular weight is 515 g/mol. The summed E-state index contributed by atoms with van der Waals surface area (Å²) in [6.07, 6.45) is 2.87. The quantitative estimate of drug-likeness (QED) is 0.374. The minimum absolute atomic E-state index is 0.159. The van der Waals surface area contributed by atoms with Crippen LogP contribution in [0.2, 0.25) is 10.2 Å². The molecule has 4 heterocycles. The largest absolute Gasteiger partial charge is 0.331 e. The number of hydrogen-bond donors (Lipinski definition) is 1. The van der Waals surface area contributed by atoms with Gasteiger partial charge in [0.2, 0.25) is 0 Å². The Kier molecular flexibility index (Phi) is 5.40. The summed E-state index contributed by atoms with van der Waals surface area (Å²) in [5.41, 5.74) is 4.71. The number of benzene rings is 2. The van der Waals surface area contributed by atoms with Gasteiger partial charge in [-0.2, -0.15) is 9.94 Å². The number of aromatic amines is 1. The van der Waals surface area contributed by atoms with Gasteiger partial charge in [0.1, 0.15) is 23.0 Å². The molecule has 1 aliphatic heterocycles. The van der Waals surface area contributed by atoms with Crippen molar-refractivity contribution in [3.05, 3.63) is 98.5 Å². The molecule has 0 amide bonds. The number of tetrazole rings is 1. The van der Waals surface area contributed by atoms with Gasteiger partial charge in [0, 0.05) is 27.9 Å². The topological polar surface area (TPSA) is 118 Å². The van der Waals surface area contributed by atoms with Crippen LogP contribution in [0.5, 0.6) is 0 Å². The fourth-order valence-corrected chi connectivity index (χ4v) is 5.09. The summed E-state index contributed by atoms with van der Waals surface area (Å²) in [4.78, 5) is 21.2. The van der Waals surface area contributed by atoms with E-state index in [2.05, 4.69) is 26.6 Å². The first-order chi connectivity index (χ1) is 17.5. The number of imidazole rings is 1. The van der Waals surface area contributed by atoms with Gasteiger partial charge in [0.05, 0.1) is 23.4 Å². The molecular formula is C25H16Cl2N8O. The second kappa shape index (κ2) is 8.75. The maximum absolute atomic E-state index is 13.4. The molecule has 3 aromatic heterocycles. The molecule has 9 nitrogen and oxygen atoms in total. The van der Waals surface area contributed by atoms with E-state index < -0.39 is 0 Å². The summed E-state index contributed by atoms with van der Waals surface area (Å²) in [5, 5.41) is 21.5. The van der Waals surface area contributed by atoms with E-state index in [4.69, 9.17) is 28.2 Å². The second-order valence-electron chi connectivity index (χ2n) is 8.39. The van der Waals surface area contributed by atoms with Crippen LogP contribution < -0.4 is 5.56 Å². The number of aryl methyl sites for hydroxylation is 1. The maximum atomic E-state index is 13.4. The zero-order valence-corrected chi connectivity index (χ0v) is 20.1. The van der Waals surface area contributed by atoms with Crippen LogP contribution in [0.1, 0.15) is 29.5 Å². The van der Waals surface area contributed by atoms with Crippen molar-refractivity contribution in [2.24, 2.45) is 0 Å². The molecule has 176 valence electrons. The van der Waals surface area contributed by atoms with E-state index in [1.807, 2.05) is 18.2 Å². The van der Waals surface area contributed by atoms with Crippen LogP contribution in [0.3, 0.4) is 0 Å². The summed E-state index contributed by atoms with van der Waals surface area (Å²) in [6.45, 7) is 0. The maximum Gasteiger partial charge on any atom is 0.252 e. The molecule has 0 spiro atoms. The predicted molar refractivity (Wildman–Crippen MR) is 134 cm³/mol. The normalized spacial score (nSPS) is 14.5. The Labute approximate surface area is 214 Å². The lowest BCUT2D eigenvalue weighted by Gasteiger charge is -2.15. The van der Waals surface area contributed by atoms with E-state index in [-0.39, 0.29) is 11.6 Å². The van der Waals surface area contributed by atoms with Gasteiger partial charge in [-0.05, 0) is 65.2 Å². The lowest BCUT2D eigenvalue weighted by molar-refractivity contribution is 0.572. The summed E-state index contributed by atoms with van der Waals surface area (Å²) in [6, 6.07) is 17.9. The van der Waals surface area contributed by atoms with Gasteiger partial charge >= 0.3 is 0 Å². The van der Waals surface area contributed by atoms with Crippen molar-refractivity contribution < 1.29 is 0 Å². The molecule has 5 aromatic rings. The molecule has 36 heavy (non-hydrogen) atoms. The lowest BCUT2D eigenvalue weighted by atomic mass is 10.0. The zero-order valence-electron chi connectivity index (χ0n) is 18.6. The van der Waals surface area contributed by atoms with Gasteiger partial charge in [-0.25, -0.2) is 4.98 Å². The summed E-state index contributed by atoms with van der Waals surface area (Å²) < 4.78 is 3.28.